The van der Waals surface area contributed by atoms with E-state index in [1.165, 1.54) is 0 Å². The standard InChI is InChI=1S/C6H14OS2/c7-6(9)4-2-1-3-5-8/h6-9H,1-5H2. The minimum Gasteiger partial charge on any atom is -0.383 e. The molecule has 0 saturated heterocycles. The molecule has 0 aromatic rings. The lowest BCUT2D eigenvalue weighted by Gasteiger charge is -2.00. The first kappa shape index (κ1) is 9.66. The van der Waals surface area contributed by atoms with E-state index in [0.717, 1.165) is 31.4 Å². The second-order valence-corrected chi connectivity index (χ2v) is 3.10. The van der Waals surface area contributed by atoms with Crippen molar-refractivity contribution in [3.63, 3.8) is 0 Å². The summed E-state index contributed by atoms with van der Waals surface area (Å²) in [6.07, 6.45) is 4.16. The first-order valence-corrected chi connectivity index (χ1v) is 4.39. The third-order valence-corrected chi connectivity index (χ3v) is 1.69. The van der Waals surface area contributed by atoms with Crippen molar-refractivity contribution in [3.05, 3.63) is 0 Å². The van der Waals surface area contributed by atoms with Gasteiger partial charge in [0.25, 0.3) is 0 Å². The number of hydrogen-bond donors (Lipinski definition) is 3. The van der Waals surface area contributed by atoms with Gasteiger partial charge in [-0.15, -0.1) is 12.6 Å². The van der Waals surface area contributed by atoms with Crippen molar-refractivity contribution < 1.29 is 5.11 Å². The van der Waals surface area contributed by atoms with E-state index >= 15 is 0 Å². The molecule has 0 aliphatic carbocycles. The summed E-state index contributed by atoms with van der Waals surface area (Å²) in [5.41, 5.74) is -0.426. The minimum absolute atomic E-state index is 0.426. The lowest BCUT2D eigenvalue weighted by Crippen LogP contribution is -1.94. The Morgan fingerprint density at radius 3 is 2.33 bits per heavy atom. The predicted molar refractivity (Wildman–Crippen MR) is 47.3 cm³/mol. The van der Waals surface area contributed by atoms with Crippen molar-refractivity contribution in [3.8, 4) is 0 Å². The van der Waals surface area contributed by atoms with E-state index in [2.05, 4.69) is 25.3 Å². The average Bonchev–Trinajstić information content (AvgIpc) is 1.80. The zero-order valence-electron chi connectivity index (χ0n) is 5.45. The predicted octanol–water partition coefficient (Wildman–Crippen LogP) is 1.72. The summed E-state index contributed by atoms with van der Waals surface area (Å²) in [4.78, 5) is 0. The fourth-order valence-corrected chi connectivity index (χ4v) is 1.02. The van der Waals surface area contributed by atoms with Gasteiger partial charge in [0.2, 0.25) is 0 Å². The van der Waals surface area contributed by atoms with Gasteiger partial charge in [0.05, 0.1) is 5.44 Å². The highest BCUT2D eigenvalue weighted by Crippen LogP contribution is 2.05. The molecule has 0 aliphatic rings. The largest absolute Gasteiger partial charge is 0.383 e. The summed E-state index contributed by atoms with van der Waals surface area (Å²) in [6, 6.07) is 0. The first-order chi connectivity index (χ1) is 4.27. The SMILES string of the molecule is OC(S)CCCCCS. The summed E-state index contributed by atoms with van der Waals surface area (Å²) < 4.78 is 0. The van der Waals surface area contributed by atoms with Gasteiger partial charge >= 0.3 is 0 Å². The Hall–Kier alpha value is 0.660. The van der Waals surface area contributed by atoms with Crippen LogP contribution < -0.4 is 0 Å². The number of rotatable bonds is 5. The topological polar surface area (TPSA) is 20.2 Å². The molecule has 0 heterocycles. The van der Waals surface area contributed by atoms with Gasteiger partial charge in [-0.2, -0.15) is 12.6 Å². The molecule has 1 nitrogen and oxygen atoms in total. The Morgan fingerprint density at radius 2 is 1.89 bits per heavy atom. The van der Waals surface area contributed by atoms with Gasteiger partial charge in [0.15, 0.2) is 0 Å². The Bertz CT molecular complexity index is 57.0. The fraction of sp³-hybridized carbons (Fsp3) is 1.00. The quantitative estimate of drug-likeness (QED) is 0.323. The second-order valence-electron chi connectivity index (χ2n) is 2.05. The van der Waals surface area contributed by atoms with Crippen molar-refractivity contribution in [1.29, 1.82) is 0 Å². The third-order valence-electron chi connectivity index (χ3n) is 1.12. The number of thiol groups is 2. The van der Waals surface area contributed by atoms with Crippen LogP contribution in [0.1, 0.15) is 25.7 Å². The summed E-state index contributed by atoms with van der Waals surface area (Å²) in [6.45, 7) is 0. The van der Waals surface area contributed by atoms with Crippen molar-refractivity contribution in [1.82, 2.24) is 0 Å². The highest BCUT2D eigenvalue weighted by atomic mass is 32.1. The highest BCUT2D eigenvalue weighted by molar-refractivity contribution is 7.80. The van der Waals surface area contributed by atoms with Crippen LogP contribution in [0.3, 0.4) is 0 Å². The van der Waals surface area contributed by atoms with E-state index < -0.39 is 5.44 Å². The van der Waals surface area contributed by atoms with Crippen molar-refractivity contribution in [2.24, 2.45) is 0 Å². The monoisotopic (exact) mass is 166 g/mol. The molecule has 0 rings (SSSR count). The molecular formula is C6H14OS2. The molecule has 56 valence electrons. The maximum atomic E-state index is 8.70. The van der Waals surface area contributed by atoms with Gasteiger partial charge in [0.1, 0.15) is 0 Å². The van der Waals surface area contributed by atoms with E-state index in [4.69, 9.17) is 5.11 Å². The maximum absolute atomic E-state index is 8.70. The molecule has 9 heavy (non-hydrogen) atoms. The molecule has 0 fully saturated rings. The van der Waals surface area contributed by atoms with E-state index in [9.17, 15) is 0 Å². The lowest BCUT2D eigenvalue weighted by atomic mass is 10.2. The molecule has 1 atom stereocenters. The van der Waals surface area contributed by atoms with Gasteiger partial charge in [-0.1, -0.05) is 6.42 Å². The third kappa shape index (κ3) is 8.66. The van der Waals surface area contributed by atoms with Crippen molar-refractivity contribution in [2.75, 3.05) is 5.75 Å². The van der Waals surface area contributed by atoms with Crippen molar-refractivity contribution in [2.45, 2.75) is 31.1 Å². The number of hydrogen-bond acceptors (Lipinski definition) is 3. The molecule has 0 radical (unpaired) electrons. The van der Waals surface area contributed by atoms with Crippen LogP contribution in [0.15, 0.2) is 0 Å². The molecule has 0 aromatic heterocycles. The van der Waals surface area contributed by atoms with Gasteiger partial charge in [-0.3, -0.25) is 0 Å². The second kappa shape index (κ2) is 6.78. The average molecular weight is 166 g/mol. The first-order valence-electron chi connectivity index (χ1n) is 3.24. The molecule has 0 spiro atoms. The van der Waals surface area contributed by atoms with Crippen LogP contribution in [0, 0.1) is 0 Å². The van der Waals surface area contributed by atoms with Crippen LogP contribution in [0.5, 0.6) is 0 Å². The molecule has 3 heteroatoms. The van der Waals surface area contributed by atoms with Crippen LogP contribution in [0.4, 0.5) is 0 Å². The van der Waals surface area contributed by atoms with Crippen LogP contribution in [0.2, 0.25) is 0 Å². The minimum atomic E-state index is -0.426. The van der Waals surface area contributed by atoms with Crippen LogP contribution in [0.25, 0.3) is 0 Å². The number of aliphatic hydroxyl groups is 1. The lowest BCUT2D eigenvalue weighted by molar-refractivity contribution is 0.250. The van der Waals surface area contributed by atoms with Gasteiger partial charge in [-0.25, -0.2) is 0 Å². The summed E-state index contributed by atoms with van der Waals surface area (Å²) in [7, 11) is 0. The molecular weight excluding hydrogens is 152 g/mol. The highest BCUT2D eigenvalue weighted by Gasteiger charge is 1.94. The van der Waals surface area contributed by atoms with E-state index in [-0.39, 0.29) is 0 Å². The van der Waals surface area contributed by atoms with Crippen LogP contribution in [-0.2, 0) is 0 Å². The van der Waals surface area contributed by atoms with Crippen molar-refractivity contribution >= 4 is 25.3 Å². The smallest absolute Gasteiger partial charge is 0.0964 e. The van der Waals surface area contributed by atoms with E-state index in [0.29, 0.717) is 0 Å². The molecule has 1 unspecified atom stereocenters. The van der Waals surface area contributed by atoms with Crippen LogP contribution in [-0.4, -0.2) is 16.3 Å². The Balaban J connectivity index is 2.75. The maximum Gasteiger partial charge on any atom is 0.0964 e. The fourth-order valence-electron chi connectivity index (χ4n) is 0.615. The zero-order chi connectivity index (χ0) is 7.11. The molecule has 0 aromatic carbocycles. The van der Waals surface area contributed by atoms with E-state index in [1.54, 1.807) is 0 Å². The van der Waals surface area contributed by atoms with E-state index in [1.807, 2.05) is 0 Å². The molecule has 1 N–H and O–H groups in total. The molecule has 0 saturated carbocycles. The van der Waals surface area contributed by atoms with Crippen LogP contribution >= 0.6 is 25.3 Å². The molecule has 0 bridgehead atoms. The molecule has 0 amide bonds. The molecule has 0 aliphatic heterocycles. The van der Waals surface area contributed by atoms with Gasteiger partial charge in [0, 0.05) is 0 Å². The summed E-state index contributed by atoms with van der Waals surface area (Å²) in [5, 5.41) is 8.70. The summed E-state index contributed by atoms with van der Waals surface area (Å²) in [5.74, 6) is 0.947. The Kier molecular flexibility index (Phi) is 7.27. The summed E-state index contributed by atoms with van der Waals surface area (Å²) >= 11 is 7.90. The number of unbranched alkanes of at least 4 members (excludes halogenated alkanes) is 2. The normalized spacial score (nSPS) is 13.7. The van der Waals surface area contributed by atoms with Gasteiger partial charge < -0.3 is 5.11 Å². The zero-order valence-corrected chi connectivity index (χ0v) is 7.24. The van der Waals surface area contributed by atoms with Gasteiger partial charge in [-0.05, 0) is 25.0 Å². The Morgan fingerprint density at radius 1 is 1.22 bits per heavy atom. The Labute approximate surface area is 67.7 Å². The number of aliphatic hydroxyl groups excluding tert-OH is 1.